The van der Waals surface area contributed by atoms with Crippen LogP contribution in [0.25, 0.3) is 0 Å². The Bertz CT molecular complexity index is 559. The van der Waals surface area contributed by atoms with E-state index in [0.29, 0.717) is 5.76 Å². The van der Waals surface area contributed by atoms with E-state index in [1.54, 1.807) is 12.1 Å². The van der Waals surface area contributed by atoms with Crippen molar-refractivity contribution in [3.05, 3.63) is 53.5 Å². The van der Waals surface area contributed by atoms with Crippen LogP contribution in [-0.2, 0) is 6.54 Å². The average molecular weight is 266 g/mol. The molecule has 19 heavy (non-hydrogen) atoms. The predicted octanol–water partition coefficient (Wildman–Crippen LogP) is 2.53. The lowest BCUT2D eigenvalue weighted by atomic mass is 10.1. The number of carbonyl (C=O) groups excluding carboxylic acids is 1. The van der Waals surface area contributed by atoms with Gasteiger partial charge in [0.1, 0.15) is 23.1 Å². The fraction of sp³-hybridized carbons (Fsp3) is 0.154. The molecule has 4 nitrogen and oxygen atoms in total. The van der Waals surface area contributed by atoms with Crippen LogP contribution in [0.4, 0.5) is 14.5 Å². The van der Waals surface area contributed by atoms with E-state index in [1.807, 2.05) is 0 Å². The van der Waals surface area contributed by atoms with Gasteiger partial charge in [0.15, 0.2) is 0 Å². The van der Waals surface area contributed by atoms with Crippen molar-refractivity contribution in [3.63, 3.8) is 0 Å². The molecule has 1 aromatic heterocycles. The molecule has 6 heteroatoms. The zero-order valence-electron chi connectivity index (χ0n) is 10.2. The Balaban J connectivity index is 2.11. The average Bonchev–Trinajstić information content (AvgIpc) is 2.88. The Morgan fingerprint density at radius 1 is 1.32 bits per heavy atom. The summed E-state index contributed by atoms with van der Waals surface area (Å²) in [4.78, 5) is 11.7. The summed E-state index contributed by atoms with van der Waals surface area (Å²) in [5.74, 6) is -1.64. The maximum absolute atomic E-state index is 13.5. The second-order valence-corrected chi connectivity index (χ2v) is 3.83. The van der Waals surface area contributed by atoms with Gasteiger partial charge >= 0.3 is 0 Å². The molecule has 100 valence electrons. The van der Waals surface area contributed by atoms with Crippen molar-refractivity contribution in [2.24, 2.45) is 0 Å². The van der Waals surface area contributed by atoms with E-state index < -0.39 is 17.5 Å². The van der Waals surface area contributed by atoms with Gasteiger partial charge in [-0.1, -0.05) is 0 Å². The molecule has 0 fully saturated rings. The van der Waals surface area contributed by atoms with Crippen LogP contribution in [0.15, 0.2) is 34.9 Å². The van der Waals surface area contributed by atoms with E-state index in [-0.39, 0.29) is 17.8 Å². The largest absolute Gasteiger partial charge is 0.467 e. The van der Waals surface area contributed by atoms with Gasteiger partial charge in [0.2, 0.25) is 0 Å². The minimum absolute atomic E-state index is 0.0828. The molecule has 2 N–H and O–H groups in total. The van der Waals surface area contributed by atoms with Crippen molar-refractivity contribution in [2.75, 3.05) is 12.4 Å². The molecule has 0 spiro atoms. The van der Waals surface area contributed by atoms with Crippen LogP contribution in [0.1, 0.15) is 16.1 Å². The first kappa shape index (κ1) is 13.1. The number of hydrogen-bond acceptors (Lipinski definition) is 3. The van der Waals surface area contributed by atoms with Gasteiger partial charge in [0, 0.05) is 12.6 Å². The Morgan fingerprint density at radius 2 is 2.00 bits per heavy atom. The molecular weight excluding hydrogens is 254 g/mol. The maximum Gasteiger partial charge on any atom is 0.251 e. The van der Waals surface area contributed by atoms with E-state index in [0.717, 1.165) is 12.1 Å². The van der Waals surface area contributed by atoms with Gasteiger partial charge in [-0.05, 0) is 24.3 Å². The van der Waals surface area contributed by atoms with Gasteiger partial charge in [-0.2, -0.15) is 0 Å². The molecule has 1 amide bonds. The predicted molar refractivity (Wildman–Crippen MR) is 65.8 cm³/mol. The van der Waals surface area contributed by atoms with Gasteiger partial charge in [-0.15, -0.1) is 0 Å². The van der Waals surface area contributed by atoms with Gasteiger partial charge in [-0.25, -0.2) is 8.78 Å². The number of halogens is 2. The minimum atomic E-state index is -0.814. The summed E-state index contributed by atoms with van der Waals surface area (Å²) >= 11 is 0. The lowest BCUT2D eigenvalue weighted by Gasteiger charge is -2.07. The highest BCUT2D eigenvalue weighted by molar-refractivity contribution is 5.94. The highest BCUT2D eigenvalue weighted by Crippen LogP contribution is 2.20. The molecular formula is C13H12F2N2O2. The lowest BCUT2D eigenvalue weighted by molar-refractivity contribution is 0.0947. The van der Waals surface area contributed by atoms with Crippen LogP contribution < -0.4 is 10.6 Å². The van der Waals surface area contributed by atoms with Gasteiger partial charge < -0.3 is 15.1 Å². The number of carbonyl (C=O) groups is 1. The van der Waals surface area contributed by atoms with Crippen LogP contribution in [0.2, 0.25) is 0 Å². The Morgan fingerprint density at radius 3 is 2.53 bits per heavy atom. The Hall–Kier alpha value is -2.37. The third-order valence-corrected chi connectivity index (χ3v) is 2.56. The van der Waals surface area contributed by atoms with Crippen molar-refractivity contribution >= 4 is 11.6 Å². The second-order valence-electron chi connectivity index (χ2n) is 3.83. The Labute approximate surface area is 108 Å². The first-order valence-corrected chi connectivity index (χ1v) is 5.59. The quantitative estimate of drug-likeness (QED) is 0.894. The van der Waals surface area contributed by atoms with Gasteiger partial charge in [0.05, 0.1) is 12.8 Å². The molecule has 0 saturated heterocycles. The number of hydrogen-bond donors (Lipinski definition) is 2. The zero-order valence-corrected chi connectivity index (χ0v) is 10.2. The van der Waals surface area contributed by atoms with Crippen LogP contribution in [-0.4, -0.2) is 13.0 Å². The van der Waals surface area contributed by atoms with E-state index >= 15 is 0 Å². The summed E-state index contributed by atoms with van der Waals surface area (Å²) in [5, 5.41) is 4.89. The molecule has 0 aliphatic heterocycles. The summed E-state index contributed by atoms with van der Waals surface area (Å²) in [5.41, 5.74) is -0.344. The van der Waals surface area contributed by atoms with Crippen molar-refractivity contribution in [1.82, 2.24) is 5.32 Å². The van der Waals surface area contributed by atoms with E-state index in [4.69, 9.17) is 4.42 Å². The molecule has 0 unspecified atom stereocenters. The number of amides is 1. The molecule has 0 atom stereocenters. The third-order valence-electron chi connectivity index (χ3n) is 2.56. The van der Waals surface area contributed by atoms with E-state index in [2.05, 4.69) is 10.6 Å². The zero-order chi connectivity index (χ0) is 13.8. The highest BCUT2D eigenvalue weighted by Gasteiger charge is 2.14. The second kappa shape index (κ2) is 5.51. The lowest BCUT2D eigenvalue weighted by Crippen LogP contribution is -2.23. The van der Waals surface area contributed by atoms with Crippen molar-refractivity contribution < 1.29 is 18.0 Å². The van der Waals surface area contributed by atoms with E-state index in [1.165, 1.54) is 13.3 Å². The third kappa shape index (κ3) is 2.90. The fourth-order valence-corrected chi connectivity index (χ4v) is 1.63. The number of anilines is 1. The van der Waals surface area contributed by atoms with Gasteiger partial charge in [-0.3, -0.25) is 4.79 Å². The number of rotatable bonds is 4. The number of nitrogens with one attached hydrogen (secondary N) is 2. The number of benzene rings is 1. The summed E-state index contributed by atoms with van der Waals surface area (Å²) < 4.78 is 32.0. The summed E-state index contributed by atoms with van der Waals surface area (Å²) in [6, 6.07) is 5.33. The number of furan rings is 1. The monoisotopic (exact) mass is 266 g/mol. The fourth-order valence-electron chi connectivity index (χ4n) is 1.63. The summed E-state index contributed by atoms with van der Waals surface area (Å²) in [6.07, 6.45) is 1.47. The molecule has 0 saturated carbocycles. The van der Waals surface area contributed by atoms with Crippen molar-refractivity contribution in [2.45, 2.75) is 6.54 Å². The molecule has 0 bridgehead atoms. The molecule has 0 aliphatic rings. The Kier molecular flexibility index (Phi) is 3.79. The standard InChI is InChI=1S/C13H12F2N2O2/c1-16-12-10(14)5-8(6-11(12)15)13(18)17-7-9-3-2-4-19-9/h2-6,16H,7H2,1H3,(H,17,18). The smallest absolute Gasteiger partial charge is 0.251 e. The maximum atomic E-state index is 13.5. The van der Waals surface area contributed by atoms with Crippen LogP contribution in [0.3, 0.4) is 0 Å². The molecule has 0 aliphatic carbocycles. The highest BCUT2D eigenvalue weighted by atomic mass is 19.1. The van der Waals surface area contributed by atoms with Crippen LogP contribution in [0.5, 0.6) is 0 Å². The normalized spacial score (nSPS) is 10.3. The first-order valence-electron chi connectivity index (χ1n) is 5.59. The SMILES string of the molecule is CNc1c(F)cc(C(=O)NCc2ccco2)cc1F. The van der Waals surface area contributed by atoms with Crippen molar-refractivity contribution in [3.8, 4) is 0 Å². The molecule has 2 aromatic rings. The summed E-state index contributed by atoms with van der Waals surface area (Å²) in [7, 11) is 1.40. The van der Waals surface area contributed by atoms with Gasteiger partial charge in [0.25, 0.3) is 5.91 Å². The molecule has 0 radical (unpaired) electrons. The van der Waals surface area contributed by atoms with E-state index in [9.17, 15) is 13.6 Å². The van der Waals surface area contributed by atoms with Crippen LogP contribution in [0, 0.1) is 11.6 Å². The van der Waals surface area contributed by atoms with Crippen molar-refractivity contribution in [1.29, 1.82) is 0 Å². The molecule has 1 aromatic carbocycles. The van der Waals surface area contributed by atoms with Crippen LogP contribution >= 0.6 is 0 Å². The topological polar surface area (TPSA) is 54.3 Å². The molecule has 1 heterocycles. The minimum Gasteiger partial charge on any atom is -0.467 e. The summed E-state index contributed by atoms with van der Waals surface area (Å²) in [6.45, 7) is 0.156. The first-order chi connectivity index (χ1) is 9.11. The molecule has 2 rings (SSSR count).